The van der Waals surface area contributed by atoms with E-state index in [1.54, 1.807) is 30.4 Å². The van der Waals surface area contributed by atoms with Crippen molar-refractivity contribution in [1.29, 1.82) is 0 Å². The van der Waals surface area contributed by atoms with Gasteiger partial charge in [0.1, 0.15) is 5.60 Å². The van der Waals surface area contributed by atoms with Gasteiger partial charge in [-0.1, -0.05) is 18.2 Å². The molecule has 0 aliphatic heterocycles. The topological polar surface area (TPSA) is 52.6 Å². The molecule has 0 radical (unpaired) electrons. The van der Waals surface area contributed by atoms with Crippen molar-refractivity contribution in [3.05, 3.63) is 65.0 Å². The molecule has 0 saturated heterocycles. The maximum atomic E-state index is 12.3. The molecule has 25 heavy (non-hydrogen) atoms. The Morgan fingerprint density at radius 1 is 1.16 bits per heavy atom. The lowest BCUT2D eigenvalue weighted by molar-refractivity contribution is 0.0557. The van der Waals surface area contributed by atoms with Gasteiger partial charge in [-0.2, -0.15) is 0 Å². The third-order valence-corrected chi connectivity index (χ3v) is 5.56. The SMILES string of the molecule is CN(C)c1ccc(C(=O)NCC(C)(O)c2cc3ccccc3s2)cc1. The first kappa shape index (κ1) is 17.5. The molecule has 3 rings (SSSR count). The predicted octanol–water partition coefficient (Wildman–Crippen LogP) is 3.60. The monoisotopic (exact) mass is 354 g/mol. The van der Waals surface area contributed by atoms with Crippen LogP contribution in [0.1, 0.15) is 22.2 Å². The summed E-state index contributed by atoms with van der Waals surface area (Å²) >= 11 is 1.55. The number of nitrogens with one attached hydrogen (secondary N) is 1. The number of thiophene rings is 1. The minimum absolute atomic E-state index is 0.161. The molecule has 1 atom stereocenters. The van der Waals surface area contributed by atoms with E-state index < -0.39 is 5.60 Å². The van der Waals surface area contributed by atoms with Gasteiger partial charge in [-0.05, 0) is 48.7 Å². The molecular weight excluding hydrogens is 332 g/mol. The van der Waals surface area contributed by atoms with Crippen molar-refractivity contribution in [3.8, 4) is 0 Å². The average Bonchev–Trinajstić information content (AvgIpc) is 3.05. The number of carbonyl (C=O) groups is 1. The van der Waals surface area contributed by atoms with Crippen LogP contribution in [0.15, 0.2) is 54.6 Å². The van der Waals surface area contributed by atoms with Gasteiger partial charge in [0.15, 0.2) is 0 Å². The Kier molecular flexibility index (Phi) is 4.79. The van der Waals surface area contributed by atoms with Crippen molar-refractivity contribution in [1.82, 2.24) is 5.32 Å². The number of fused-ring (bicyclic) bond motifs is 1. The van der Waals surface area contributed by atoms with E-state index in [0.29, 0.717) is 5.56 Å². The molecule has 130 valence electrons. The van der Waals surface area contributed by atoms with Crippen LogP contribution in [0.5, 0.6) is 0 Å². The van der Waals surface area contributed by atoms with E-state index in [1.165, 1.54) is 0 Å². The first-order valence-electron chi connectivity index (χ1n) is 8.14. The molecule has 1 amide bonds. The Morgan fingerprint density at radius 2 is 1.84 bits per heavy atom. The zero-order valence-corrected chi connectivity index (χ0v) is 15.4. The summed E-state index contributed by atoms with van der Waals surface area (Å²) in [5.74, 6) is -0.188. The molecule has 4 nitrogen and oxygen atoms in total. The lowest BCUT2D eigenvalue weighted by Gasteiger charge is -2.22. The van der Waals surface area contributed by atoms with E-state index in [9.17, 15) is 9.90 Å². The van der Waals surface area contributed by atoms with Gasteiger partial charge in [0.2, 0.25) is 0 Å². The molecule has 1 heterocycles. The molecule has 5 heteroatoms. The molecule has 0 aliphatic rings. The van der Waals surface area contributed by atoms with Crippen molar-refractivity contribution in [2.45, 2.75) is 12.5 Å². The molecule has 2 aromatic carbocycles. The van der Waals surface area contributed by atoms with Gasteiger partial charge < -0.3 is 15.3 Å². The third-order valence-electron chi connectivity index (χ3n) is 4.20. The number of hydrogen-bond donors (Lipinski definition) is 2. The van der Waals surface area contributed by atoms with Gasteiger partial charge in [-0.3, -0.25) is 4.79 Å². The first-order chi connectivity index (χ1) is 11.9. The maximum Gasteiger partial charge on any atom is 0.251 e. The fourth-order valence-corrected chi connectivity index (χ4v) is 3.71. The summed E-state index contributed by atoms with van der Waals surface area (Å²) in [5, 5.41) is 14.7. The Labute approximate surface area is 151 Å². The van der Waals surface area contributed by atoms with E-state index in [4.69, 9.17) is 0 Å². The van der Waals surface area contributed by atoms with Gasteiger partial charge in [0.25, 0.3) is 5.91 Å². The highest BCUT2D eigenvalue weighted by Gasteiger charge is 2.26. The van der Waals surface area contributed by atoms with E-state index in [1.807, 2.05) is 61.5 Å². The fraction of sp³-hybridized carbons (Fsp3) is 0.250. The van der Waals surface area contributed by atoms with Crippen molar-refractivity contribution in [2.75, 3.05) is 25.5 Å². The zero-order valence-electron chi connectivity index (χ0n) is 14.6. The highest BCUT2D eigenvalue weighted by molar-refractivity contribution is 7.19. The second kappa shape index (κ2) is 6.86. The summed E-state index contributed by atoms with van der Waals surface area (Å²) in [4.78, 5) is 15.2. The van der Waals surface area contributed by atoms with Gasteiger partial charge in [-0.15, -0.1) is 11.3 Å². The Balaban J connectivity index is 1.69. The van der Waals surface area contributed by atoms with Crippen LogP contribution in [-0.2, 0) is 5.60 Å². The number of nitrogens with zero attached hydrogens (tertiary/aromatic N) is 1. The minimum atomic E-state index is -1.11. The summed E-state index contributed by atoms with van der Waals surface area (Å²) in [6.45, 7) is 1.89. The summed E-state index contributed by atoms with van der Waals surface area (Å²) < 4.78 is 1.13. The second-order valence-corrected chi connectivity index (χ2v) is 7.63. The molecular formula is C20H22N2O2S. The number of aliphatic hydroxyl groups is 1. The molecule has 1 unspecified atom stereocenters. The van der Waals surface area contributed by atoms with Crippen molar-refractivity contribution >= 4 is 33.0 Å². The maximum absolute atomic E-state index is 12.3. The number of carbonyl (C=O) groups excluding carboxylic acids is 1. The second-order valence-electron chi connectivity index (χ2n) is 6.55. The van der Waals surface area contributed by atoms with Gasteiger partial charge in [-0.25, -0.2) is 0 Å². The van der Waals surface area contributed by atoms with Crippen LogP contribution < -0.4 is 10.2 Å². The Bertz CT molecular complexity index is 849. The number of hydrogen-bond acceptors (Lipinski definition) is 4. The molecule has 3 aromatic rings. The van der Waals surface area contributed by atoms with E-state index >= 15 is 0 Å². The van der Waals surface area contributed by atoms with Crippen LogP contribution >= 0.6 is 11.3 Å². The molecule has 0 fully saturated rings. The van der Waals surface area contributed by atoms with Crippen molar-refractivity contribution < 1.29 is 9.90 Å². The molecule has 1 aromatic heterocycles. The molecule has 0 spiro atoms. The highest BCUT2D eigenvalue weighted by atomic mass is 32.1. The van der Waals surface area contributed by atoms with E-state index in [0.717, 1.165) is 20.7 Å². The van der Waals surface area contributed by atoms with Crippen LogP contribution in [-0.4, -0.2) is 31.7 Å². The Morgan fingerprint density at radius 3 is 2.48 bits per heavy atom. The lowest BCUT2D eigenvalue weighted by Crippen LogP contribution is -2.38. The Hall–Kier alpha value is -2.37. The minimum Gasteiger partial charge on any atom is -0.383 e. The standard InChI is InChI=1S/C20H22N2O2S/c1-20(24,18-12-15-6-4-5-7-17(15)25-18)13-21-19(23)14-8-10-16(11-9-14)22(2)3/h4-12,24H,13H2,1-3H3,(H,21,23). The summed E-state index contributed by atoms with van der Waals surface area (Å²) in [6.07, 6.45) is 0. The van der Waals surface area contributed by atoms with Crippen LogP contribution in [0.2, 0.25) is 0 Å². The summed E-state index contributed by atoms with van der Waals surface area (Å²) in [5.41, 5.74) is 0.509. The number of amides is 1. The first-order valence-corrected chi connectivity index (χ1v) is 8.95. The predicted molar refractivity (Wildman–Crippen MR) is 104 cm³/mol. The number of rotatable bonds is 5. The van der Waals surface area contributed by atoms with E-state index in [-0.39, 0.29) is 12.5 Å². The van der Waals surface area contributed by atoms with Gasteiger partial charge in [0.05, 0.1) is 6.54 Å². The third kappa shape index (κ3) is 3.83. The fourth-order valence-electron chi connectivity index (χ4n) is 2.60. The average molecular weight is 354 g/mol. The van der Waals surface area contributed by atoms with Crippen LogP contribution in [0, 0.1) is 0 Å². The molecule has 2 N–H and O–H groups in total. The zero-order chi connectivity index (χ0) is 18.0. The quantitative estimate of drug-likeness (QED) is 0.736. The highest BCUT2D eigenvalue weighted by Crippen LogP contribution is 2.32. The number of benzene rings is 2. The normalized spacial score (nSPS) is 13.4. The number of anilines is 1. The lowest BCUT2D eigenvalue weighted by atomic mass is 10.0. The van der Waals surface area contributed by atoms with Gasteiger partial charge in [0, 0.05) is 34.9 Å². The summed E-state index contributed by atoms with van der Waals surface area (Å²) in [7, 11) is 3.91. The van der Waals surface area contributed by atoms with Crippen molar-refractivity contribution in [2.24, 2.45) is 0 Å². The van der Waals surface area contributed by atoms with Gasteiger partial charge >= 0.3 is 0 Å². The largest absolute Gasteiger partial charge is 0.383 e. The van der Waals surface area contributed by atoms with Crippen LogP contribution in [0.3, 0.4) is 0 Å². The van der Waals surface area contributed by atoms with E-state index in [2.05, 4.69) is 5.32 Å². The molecule has 0 aliphatic carbocycles. The van der Waals surface area contributed by atoms with Crippen LogP contribution in [0.25, 0.3) is 10.1 Å². The van der Waals surface area contributed by atoms with Crippen molar-refractivity contribution in [3.63, 3.8) is 0 Å². The molecule has 0 bridgehead atoms. The summed E-state index contributed by atoms with van der Waals surface area (Å²) in [6, 6.07) is 17.4. The van der Waals surface area contributed by atoms with Crippen LogP contribution in [0.4, 0.5) is 5.69 Å². The molecule has 0 saturated carbocycles. The smallest absolute Gasteiger partial charge is 0.251 e.